The third kappa shape index (κ3) is 3.15. The predicted molar refractivity (Wildman–Crippen MR) is 90.3 cm³/mol. The molecule has 2 rings (SSSR count). The predicted octanol–water partition coefficient (Wildman–Crippen LogP) is 5.19. The van der Waals surface area contributed by atoms with Crippen molar-refractivity contribution < 1.29 is 9.53 Å². The van der Waals surface area contributed by atoms with E-state index >= 15 is 0 Å². The maximum Gasteiger partial charge on any atom is 0.418 e. The number of carbonyl (C=O) groups excluding carboxylic acids is 1. The van der Waals surface area contributed by atoms with Crippen LogP contribution in [-0.2, 0) is 16.5 Å². The molecular weight excluding hydrogens is 330 g/mol. The summed E-state index contributed by atoms with van der Waals surface area (Å²) < 4.78 is 7.10. The lowest BCUT2D eigenvalue weighted by Crippen LogP contribution is -2.26. The second-order valence-electron chi connectivity index (χ2n) is 6.25. The molecule has 0 fully saturated rings. The number of benzene rings is 1. The first-order valence-corrected chi connectivity index (χ1v) is 8.32. The average Bonchev–Trinajstić information content (AvgIpc) is 2.81. The van der Waals surface area contributed by atoms with Crippen molar-refractivity contribution in [2.75, 3.05) is 0 Å². The summed E-state index contributed by atoms with van der Waals surface area (Å²) in [5, 5.41) is 1.90. The van der Waals surface area contributed by atoms with Gasteiger partial charge in [0.2, 0.25) is 0 Å². The van der Waals surface area contributed by atoms with Gasteiger partial charge in [0.05, 0.1) is 5.52 Å². The lowest BCUT2D eigenvalue weighted by molar-refractivity contribution is 0.0544. The summed E-state index contributed by atoms with van der Waals surface area (Å²) in [7, 11) is 0. The van der Waals surface area contributed by atoms with Gasteiger partial charge in [0.25, 0.3) is 0 Å². The molecule has 0 bridgehead atoms. The zero-order chi connectivity index (χ0) is 15.8. The van der Waals surface area contributed by atoms with Gasteiger partial charge < -0.3 is 4.74 Å². The van der Waals surface area contributed by atoms with E-state index in [0.29, 0.717) is 0 Å². The normalized spacial score (nSPS) is 11.9. The molecule has 0 aliphatic carbocycles. The van der Waals surface area contributed by atoms with Crippen LogP contribution in [0.5, 0.6) is 0 Å². The minimum absolute atomic E-state index is 0.328. The number of alkyl halides is 1. The molecule has 1 aromatic heterocycles. The van der Waals surface area contributed by atoms with E-state index in [1.807, 2.05) is 33.8 Å². The molecule has 3 nitrogen and oxygen atoms in total. The van der Waals surface area contributed by atoms with E-state index in [-0.39, 0.29) is 6.09 Å². The monoisotopic (exact) mass is 351 g/mol. The molecule has 0 aliphatic heterocycles. The Kier molecular flexibility index (Phi) is 4.47. The first-order valence-electron chi connectivity index (χ1n) is 7.20. The van der Waals surface area contributed by atoms with Crippen molar-refractivity contribution in [1.29, 1.82) is 0 Å². The molecule has 0 N–H and O–H groups in total. The molecule has 2 aromatic rings. The first-order chi connectivity index (χ1) is 9.78. The summed E-state index contributed by atoms with van der Waals surface area (Å²) in [5.74, 6) is 0. The van der Waals surface area contributed by atoms with Crippen LogP contribution >= 0.6 is 15.9 Å². The third-order valence-electron chi connectivity index (χ3n) is 3.47. The van der Waals surface area contributed by atoms with Crippen molar-refractivity contribution in [3.05, 3.63) is 35.0 Å². The Bertz CT molecular complexity index is 680. The second kappa shape index (κ2) is 5.84. The van der Waals surface area contributed by atoms with E-state index in [1.54, 1.807) is 10.8 Å². The van der Waals surface area contributed by atoms with Gasteiger partial charge >= 0.3 is 6.09 Å². The molecular formula is C17H22BrNO2. The Morgan fingerprint density at radius 1 is 1.38 bits per heavy atom. The highest BCUT2D eigenvalue weighted by molar-refractivity contribution is 9.08. The number of aryl methyl sites for hydroxylation is 2. The summed E-state index contributed by atoms with van der Waals surface area (Å²) in [6, 6.07) is 4.17. The van der Waals surface area contributed by atoms with Gasteiger partial charge in [-0.1, -0.05) is 28.9 Å². The number of hydrogen-bond donors (Lipinski definition) is 0. The SMILES string of the molecule is CCc1cc(C)c2c(ccn2C(=O)OC(C)(C)C)c1CBr. The highest BCUT2D eigenvalue weighted by Gasteiger charge is 2.21. The Balaban J connectivity index is 2.61. The second-order valence-corrected chi connectivity index (χ2v) is 6.81. The minimum atomic E-state index is -0.497. The van der Waals surface area contributed by atoms with Crippen molar-refractivity contribution in [3.63, 3.8) is 0 Å². The number of carbonyl (C=O) groups is 1. The van der Waals surface area contributed by atoms with Crippen molar-refractivity contribution in [1.82, 2.24) is 4.57 Å². The number of nitrogens with zero attached hydrogens (tertiary/aromatic N) is 1. The van der Waals surface area contributed by atoms with E-state index < -0.39 is 5.60 Å². The van der Waals surface area contributed by atoms with Crippen LogP contribution in [-0.4, -0.2) is 16.3 Å². The van der Waals surface area contributed by atoms with E-state index in [2.05, 4.69) is 28.9 Å². The van der Waals surface area contributed by atoms with E-state index in [9.17, 15) is 4.79 Å². The van der Waals surface area contributed by atoms with Gasteiger partial charge in [-0.3, -0.25) is 4.57 Å². The molecule has 0 amide bonds. The quantitative estimate of drug-likeness (QED) is 0.697. The van der Waals surface area contributed by atoms with E-state index in [0.717, 1.165) is 28.2 Å². The van der Waals surface area contributed by atoms with Crippen molar-refractivity contribution in [2.45, 2.75) is 52.0 Å². The smallest absolute Gasteiger partial charge is 0.418 e. The summed E-state index contributed by atoms with van der Waals surface area (Å²) in [6.07, 6.45) is 2.46. The van der Waals surface area contributed by atoms with Gasteiger partial charge in [-0.25, -0.2) is 4.79 Å². The standard InChI is InChI=1S/C17H22BrNO2/c1-6-12-9-11(2)15-13(14(12)10-18)7-8-19(15)16(20)21-17(3,4)5/h7-9H,6,10H2,1-5H3. The molecule has 0 saturated carbocycles. The Hall–Kier alpha value is -1.29. The number of rotatable bonds is 2. The fourth-order valence-electron chi connectivity index (χ4n) is 2.60. The van der Waals surface area contributed by atoms with Crippen LogP contribution < -0.4 is 0 Å². The highest BCUT2D eigenvalue weighted by Crippen LogP contribution is 2.30. The van der Waals surface area contributed by atoms with Crippen LogP contribution in [0.4, 0.5) is 4.79 Å². The molecule has 0 spiro atoms. The van der Waals surface area contributed by atoms with Gasteiger partial charge in [-0.15, -0.1) is 0 Å². The van der Waals surface area contributed by atoms with Crippen LogP contribution in [0.15, 0.2) is 18.3 Å². The highest BCUT2D eigenvalue weighted by atomic mass is 79.9. The van der Waals surface area contributed by atoms with Gasteiger partial charge in [0.15, 0.2) is 0 Å². The Morgan fingerprint density at radius 3 is 2.57 bits per heavy atom. The molecule has 0 atom stereocenters. The largest absolute Gasteiger partial charge is 0.443 e. The molecule has 0 aliphatic rings. The van der Waals surface area contributed by atoms with E-state index in [1.165, 1.54) is 11.1 Å². The summed E-state index contributed by atoms with van der Waals surface area (Å²) in [6.45, 7) is 9.83. The fourth-order valence-corrected chi connectivity index (χ4v) is 3.27. The number of fused-ring (bicyclic) bond motifs is 1. The van der Waals surface area contributed by atoms with Crippen LogP contribution in [0.3, 0.4) is 0 Å². The summed E-state index contributed by atoms with van der Waals surface area (Å²) >= 11 is 3.56. The zero-order valence-electron chi connectivity index (χ0n) is 13.3. The molecule has 4 heteroatoms. The van der Waals surface area contributed by atoms with Crippen molar-refractivity contribution >= 4 is 32.9 Å². The number of halogens is 1. The molecule has 21 heavy (non-hydrogen) atoms. The van der Waals surface area contributed by atoms with Crippen LogP contribution in [0.1, 0.15) is 44.4 Å². The molecule has 0 saturated heterocycles. The lowest BCUT2D eigenvalue weighted by atomic mass is 9.99. The Morgan fingerprint density at radius 2 is 2.05 bits per heavy atom. The van der Waals surface area contributed by atoms with E-state index in [4.69, 9.17) is 4.74 Å². The Labute approximate surface area is 134 Å². The van der Waals surface area contributed by atoms with Gasteiger partial charge in [-0.2, -0.15) is 0 Å². The summed E-state index contributed by atoms with van der Waals surface area (Å²) in [5.41, 5.74) is 4.11. The number of ether oxygens (including phenoxy) is 1. The van der Waals surface area contributed by atoms with Crippen LogP contribution in [0.2, 0.25) is 0 Å². The number of aromatic nitrogens is 1. The van der Waals surface area contributed by atoms with Gasteiger partial charge in [0, 0.05) is 16.9 Å². The van der Waals surface area contributed by atoms with Gasteiger partial charge in [0.1, 0.15) is 5.60 Å². The summed E-state index contributed by atoms with van der Waals surface area (Å²) in [4.78, 5) is 12.4. The molecule has 1 aromatic carbocycles. The average molecular weight is 352 g/mol. The van der Waals surface area contributed by atoms with Crippen molar-refractivity contribution in [3.8, 4) is 0 Å². The maximum atomic E-state index is 12.4. The third-order valence-corrected chi connectivity index (χ3v) is 4.03. The molecule has 0 radical (unpaired) electrons. The molecule has 1 heterocycles. The maximum absolute atomic E-state index is 12.4. The number of hydrogen-bond acceptors (Lipinski definition) is 2. The van der Waals surface area contributed by atoms with Crippen molar-refractivity contribution in [2.24, 2.45) is 0 Å². The molecule has 0 unspecified atom stereocenters. The molecule has 114 valence electrons. The first kappa shape index (κ1) is 16.1. The van der Waals surface area contributed by atoms with Crippen LogP contribution in [0.25, 0.3) is 10.9 Å². The van der Waals surface area contributed by atoms with Crippen LogP contribution in [0, 0.1) is 6.92 Å². The topological polar surface area (TPSA) is 31.2 Å². The van der Waals surface area contributed by atoms with Gasteiger partial charge in [-0.05, 0) is 56.9 Å². The lowest BCUT2D eigenvalue weighted by Gasteiger charge is -2.20. The minimum Gasteiger partial charge on any atom is -0.443 e. The fraction of sp³-hybridized carbons (Fsp3) is 0.471. The zero-order valence-corrected chi connectivity index (χ0v) is 14.9.